The highest BCUT2D eigenvalue weighted by molar-refractivity contribution is 5.79. The van der Waals surface area contributed by atoms with E-state index in [1.54, 1.807) is 6.92 Å². The second-order valence-electron chi connectivity index (χ2n) is 20.5. The van der Waals surface area contributed by atoms with Crippen LogP contribution in [-0.4, -0.2) is 138 Å². The molecule has 2 saturated heterocycles. The minimum Gasteiger partial charge on any atom is -0.481 e. The number of fused-ring (bicyclic) bond motifs is 7. The van der Waals surface area contributed by atoms with Gasteiger partial charge in [0.25, 0.3) is 0 Å². The molecule has 7 rings (SSSR count). The maximum Gasteiger partial charge on any atom is 0.335 e. The topological polar surface area (TPSA) is 270 Å². The zero-order valence-electron chi connectivity index (χ0n) is 34.3. The largest absolute Gasteiger partial charge is 0.481 e. The third-order valence-corrected chi connectivity index (χ3v) is 17.3. The summed E-state index contributed by atoms with van der Waals surface area (Å²) in [6, 6.07) is 0. The van der Waals surface area contributed by atoms with Crippen LogP contribution in [0.1, 0.15) is 106 Å². The first-order valence-electron chi connectivity index (χ1n) is 21.0. The van der Waals surface area contributed by atoms with E-state index in [1.807, 2.05) is 0 Å². The third-order valence-electron chi connectivity index (χ3n) is 17.3. The van der Waals surface area contributed by atoms with Gasteiger partial charge in [0.05, 0.1) is 23.5 Å². The minimum atomic E-state index is -1.91. The molecule has 2 heterocycles. The molecule has 58 heavy (non-hydrogen) atoms. The Hall–Kier alpha value is -2.25. The normalized spacial score (nSPS) is 52.5. The summed E-state index contributed by atoms with van der Waals surface area (Å²) in [6.07, 6.45) is -9.90. The van der Waals surface area contributed by atoms with Gasteiger partial charge in [-0.25, -0.2) is 4.79 Å². The van der Waals surface area contributed by atoms with Gasteiger partial charge < -0.3 is 64.9 Å². The van der Waals surface area contributed by atoms with E-state index in [0.29, 0.717) is 51.4 Å². The number of ether oxygens (including phenoxy) is 4. The van der Waals surface area contributed by atoms with Gasteiger partial charge in [0, 0.05) is 0 Å². The van der Waals surface area contributed by atoms with Crippen LogP contribution in [0.3, 0.4) is 0 Å². The third kappa shape index (κ3) is 6.25. The summed E-state index contributed by atoms with van der Waals surface area (Å²) in [4.78, 5) is 39.9. The summed E-state index contributed by atoms with van der Waals surface area (Å²) < 4.78 is 23.2. The Morgan fingerprint density at radius 2 is 1.38 bits per heavy atom. The number of carboxylic acids is 2. The van der Waals surface area contributed by atoms with E-state index < -0.39 is 114 Å². The van der Waals surface area contributed by atoms with Gasteiger partial charge in [-0.1, -0.05) is 46.3 Å². The van der Waals surface area contributed by atoms with E-state index in [0.717, 1.165) is 6.42 Å². The quantitative estimate of drug-likeness (QED) is 0.1000. The predicted molar refractivity (Wildman–Crippen MR) is 200 cm³/mol. The maximum atomic E-state index is 14.6. The van der Waals surface area contributed by atoms with Crippen molar-refractivity contribution in [2.45, 2.75) is 173 Å². The average Bonchev–Trinajstić information content (AvgIpc) is 3.15. The molecular formula is C42H64O16. The number of carbonyl (C=O) groups excluding carboxylic acids is 1. The van der Waals surface area contributed by atoms with E-state index in [9.17, 15) is 60.3 Å². The van der Waals surface area contributed by atoms with Gasteiger partial charge in [-0.2, -0.15) is 0 Å². The lowest BCUT2D eigenvalue weighted by Gasteiger charge is -2.71. The molecule has 0 spiro atoms. The molecule has 7 aliphatic rings. The van der Waals surface area contributed by atoms with E-state index in [4.69, 9.17) is 18.9 Å². The molecule has 0 radical (unpaired) electrons. The number of allylic oxidation sites excluding steroid dienone is 2. The van der Waals surface area contributed by atoms with Crippen molar-refractivity contribution < 1.29 is 79.3 Å². The van der Waals surface area contributed by atoms with Crippen LogP contribution < -0.4 is 0 Å². The van der Waals surface area contributed by atoms with Gasteiger partial charge in [0.2, 0.25) is 6.29 Å². The molecule has 0 bridgehead atoms. The molecule has 9 N–H and O–H groups in total. The Labute approximate surface area is 338 Å². The Balaban J connectivity index is 1.19. The predicted octanol–water partition coefficient (Wildman–Crippen LogP) is 1.47. The molecular weight excluding hydrogens is 760 g/mol. The first kappa shape index (κ1) is 43.8. The SMILES string of the molecule is CC1(C)CC[C@]2(C(=O)O[C@@H]3O[C@H](CO)[C@@H](O)[C@H](O)[C@H]3O)CC[C@]3(C)C(=CC[C@@H]4[C@@]5(C)CC[C@H](O[C@@H]6O[C@H](C(=O)O)[C@@H](O)[C@H](O)[C@H]6O)[C@@](C)(C(=O)O)[C@H]5CC[C@]43C)[C@@H]2C1. The van der Waals surface area contributed by atoms with E-state index in [2.05, 4.69) is 40.7 Å². The molecule has 2 aliphatic heterocycles. The van der Waals surface area contributed by atoms with Crippen molar-refractivity contribution in [1.82, 2.24) is 0 Å². The van der Waals surface area contributed by atoms with Gasteiger partial charge in [-0.15, -0.1) is 0 Å². The van der Waals surface area contributed by atoms with Crippen LogP contribution in [0.4, 0.5) is 0 Å². The second kappa shape index (κ2) is 14.7. The van der Waals surface area contributed by atoms with E-state index >= 15 is 0 Å². The number of rotatable bonds is 7. The Morgan fingerprint density at radius 1 is 0.741 bits per heavy atom. The average molecular weight is 825 g/mol. The Morgan fingerprint density at radius 3 is 2.02 bits per heavy atom. The van der Waals surface area contributed by atoms with Crippen molar-refractivity contribution in [2.75, 3.05) is 6.61 Å². The fourth-order valence-corrected chi connectivity index (χ4v) is 13.5. The highest BCUT2D eigenvalue weighted by Gasteiger charge is 2.71. The smallest absolute Gasteiger partial charge is 0.335 e. The number of esters is 1. The van der Waals surface area contributed by atoms with Crippen molar-refractivity contribution in [3.8, 4) is 0 Å². The zero-order chi connectivity index (χ0) is 42.7. The number of hydrogen-bond donors (Lipinski definition) is 9. The van der Waals surface area contributed by atoms with Gasteiger partial charge in [0.15, 0.2) is 12.4 Å². The maximum absolute atomic E-state index is 14.6. The van der Waals surface area contributed by atoms with Crippen molar-refractivity contribution in [1.29, 1.82) is 0 Å². The molecule has 19 atom stereocenters. The number of carboxylic acid groups (broad SMARTS) is 2. The molecule has 328 valence electrons. The Bertz CT molecular complexity index is 1670. The number of aliphatic hydroxyl groups excluding tert-OH is 7. The lowest BCUT2D eigenvalue weighted by atomic mass is 9.33. The van der Waals surface area contributed by atoms with Crippen LogP contribution >= 0.6 is 0 Å². The first-order valence-corrected chi connectivity index (χ1v) is 21.0. The number of hydrogen-bond acceptors (Lipinski definition) is 14. The monoisotopic (exact) mass is 824 g/mol. The molecule has 0 unspecified atom stereocenters. The zero-order valence-corrected chi connectivity index (χ0v) is 34.3. The number of aliphatic carboxylic acids is 2. The molecule has 0 aromatic rings. The van der Waals surface area contributed by atoms with Crippen molar-refractivity contribution >= 4 is 17.9 Å². The van der Waals surface area contributed by atoms with Gasteiger partial charge in [-0.05, 0) is 111 Å². The van der Waals surface area contributed by atoms with Gasteiger partial charge in [-0.3, -0.25) is 9.59 Å². The fourth-order valence-electron chi connectivity index (χ4n) is 13.5. The summed E-state index contributed by atoms with van der Waals surface area (Å²) in [7, 11) is 0. The second-order valence-corrected chi connectivity index (χ2v) is 20.5. The molecule has 0 aromatic carbocycles. The summed E-state index contributed by atoms with van der Waals surface area (Å²) in [5, 5.41) is 93.4. The summed E-state index contributed by atoms with van der Waals surface area (Å²) in [6.45, 7) is 12.2. The van der Waals surface area contributed by atoms with Gasteiger partial charge >= 0.3 is 17.9 Å². The molecule has 5 aliphatic carbocycles. The lowest BCUT2D eigenvalue weighted by molar-refractivity contribution is -0.323. The summed E-state index contributed by atoms with van der Waals surface area (Å²) in [5.41, 5.74) is -2.56. The minimum absolute atomic E-state index is 0.0298. The number of aliphatic hydroxyl groups is 7. The van der Waals surface area contributed by atoms with Crippen LogP contribution in [0.15, 0.2) is 11.6 Å². The van der Waals surface area contributed by atoms with E-state index in [-0.39, 0.29) is 34.5 Å². The highest BCUT2D eigenvalue weighted by atomic mass is 16.7. The van der Waals surface area contributed by atoms with Crippen molar-refractivity contribution in [2.24, 2.45) is 50.2 Å². The first-order chi connectivity index (χ1) is 26.9. The number of carbonyl (C=O) groups is 3. The molecule has 0 amide bonds. The molecule has 4 saturated carbocycles. The van der Waals surface area contributed by atoms with Crippen molar-refractivity contribution in [3.05, 3.63) is 11.6 Å². The van der Waals surface area contributed by atoms with Crippen LogP contribution in [-0.2, 0) is 33.3 Å². The Kier molecular flexibility index (Phi) is 11.1. The molecule has 16 heteroatoms. The molecule has 16 nitrogen and oxygen atoms in total. The highest BCUT2D eigenvalue weighted by Crippen LogP contribution is 2.76. The van der Waals surface area contributed by atoms with Crippen LogP contribution in [0, 0.1) is 50.2 Å². The van der Waals surface area contributed by atoms with Crippen molar-refractivity contribution in [3.63, 3.8) is 0 Å². The summed E-state index contributed by atoms with van der Waals surface area (Å²) in [5.74, 6) is -3.78. The summed E-state index contributed by atoms with van der Waals surface area (Å²) >= 11 is 0. The lowest BCUT2D eigenvalue weighted by Crippen LogP contribution is -2.68. The van der Waals surface area contributed by atoms with Crippen LogP contribution in [0.2, 0.25) is 0 Å². The van der Waals surface area contributed by atoms with Crippen LogP contribution in [0.5, 0.6) is 0 Å². The standard InChI is InChI=1S/C42H64O16/c1-37(2)13-15-42(36(54)58-33-29(48)26(45)25(44)21(18-43)55-33)16-14-39(4)19(20(42)17-37)7-8-22-38(3)11-10-24(41(6,35(52)53)23(38)9-12-40(22,39)5)56-34-30(49)27(46)28(47)31(57-34)32(50)51/h7,20-31,33-34,43-49H,8-18H2,1-6H3,(H,50,51)(H,52,53)/t20-,21+,22+,23-,24-,25+,26-,27-,28-,29+,30+,31-,33-,34+,38+,39+,40+,41-,42-/m0/s1. The van der Waals surface area contributed by atoms with Gasteiger partial charge in [0.1, 0.15) is 42.7 Å². The van der Waals surface area contributed by atoms with E-state index in [1.165, 1.54) is 5.57 Å². The van der Waals surface area contributed by atoms with Crippen LogP contribution in [0.25, 0.3) is 0 Å². The molecule has 6 fully saturated rings. The fraction of sp³-hybridized carbons (Fsp3) is 0.881. The molecule has 0 aromatic heterocycles.